The summed E-state index contributed by atoms with van der Waals surface area (Å²) in [4.78, 5) is 24.6. The van der Waals surface area contributed by atoms with Crippen LogP contribution >= 0.6 is 0 Å². The van der Waals surface area contributed by atoms with E-state index in [0.29, 0.717) is 5.92 Å². The van der Waals surface area contributed by atoms with Gasteiger partial charge in [0.2, 0.25) is 5.91 Å². The van der Waals surface area contributed by atoms with Crippen LogP contribution in [-0.2, 0) is 9.59 Å². The summed E-state index contributed by atoms with van der Waals surface area (Å²) in [6, 6.07) is 0. The molecule has 1 fully saturated rings. The minimum absolute atomic E-state index is 0.00336. The van der Waals surface area contributed by atoms with Crippen LogP contribution in [-0.4, -0.2) is 34.5 Å². The molecule has 1 saturated carbocycles. The number of carboxylic acids is 1. The van der Waals surface area contributed by atoms with Gasteiger partial charge in [-0.25, -0.2) is 4.79 Å². The number of carbonyl (C=O) groups is 2. The molecule has 1 aliphatic carbocycles. The second-order valence-corrected chi connectivity index (χ2v) is 5.28. The Morgan fingerprint density at radius 3 is 2.25 bits per heavy atom. The summed E-state index contributed by atoms with van der Waals surface area (Å²) in [6.45, 7) is 5.19. The predicted octanol–water partition coefficient (Wildman–Crippen LogP) is 1.74. The van der Waals surface area contributed by atoms with Crippen molar-refractivity contribution >= 4 is 11.9 Å². The lowest BCUT2D eigenvalue weighted by atomic mass is 9.94. The number of amides is 1. The van der Waals surface area contributed by atoms with Crippen LogP contribution < -0.4 is 0 Å². The molecule has 0 aromatic heterocycles. The molecule has 4 nitrogen and oxygen atoms in total. The smallest absolute Gasteiger partial charge is 0.329 e. The molecule has 0 aromatic carbocycles. The van der Waals surface area contributed by atoms with Gasteiger partial charge in [0.15, 0.2) is 0 Å². The van der Waals surface area contributed by atoms with Crippen LogP contribution in [0.5, 0.6) is 0 Å². The van der Waals surface area contributed by atoms with Crippen LogP contribution in [0.4, 0.5) is 0 Å². The van der Waals surface area contributed by atoms with Crippen molar-refractivity contribution in [3.8, 4) is 0 Å². The van der Waals surface area contributed by atoms with Crippen molar-refractivity contribution in [2.24, 2.45) is 11.8 Å². The van der Waals surface area contributed by atoms with Crippen molar-refractivity contribution < 1.29 is 14.7 Å². The fraction of sp³-hybridized carbons (Fsp3) is 0.833. The molecule has 0 aliphatic heterocycles. The van der Waals surface area contributed by atoms with E-state index in [-0.39, 0.29) is 11.8 Å². The first-order valence-corrected chi connectivity index (χ1v) is 5.79. The van der Waals surface area contributed by atoms with Crippen LogP contribution in [0, 0.1) is 11.8 Å². The molecule has 1 amide bonds. The van der Waals surface area contributed by atoms with Gasteiger partial charge in [-0.3, -0.25) is 4.79 Å². The van der Waals surface area contributed by atoms with Gasteiger partial charge in [0.05, 0.1) is 0 Å². The van der Waals surface area contributed by atoms with Gasteiger partial charge in [-0.15, -0.1) is 0 Å². The fourth-order valence-electron chi connectivity index (χ4n) is 2.18. The van der Waals surface area contributed by atoms with Gasteiger partial charge in [-0.2, -0.15) is 0 Å². The van der Waals surface area contributed by atoms with E-state index >= 15 is 0 Å². The molecule has 1 N–H and O–H groups in total. The third kappa shape index (κ3) is 2.20. The summed E-state index contributed by atoms with van der Waals surface area (Å²) < 4.78 is 0. The zero-order chi connectivity index (χ0) is 12.5. The SMILES string of the molecule is CC1CCCC1C(=O)N(C)C(C)(C)C(=O)O. The Labute approximate surface area is 96.6 Å². The van der Waals surface area contributed by atoms with E-state index in [1.807, 2.05) is 0 Å². The van der Waals surface area contributed by atoms with Gasteiger partial charge in [0.1, 0.15) is 5.54 Å². The predicted molar refractivity (Wildman–Crippen MR) is 61.0 cm³/mol. The maximum Gasteiger partial charge on any atom is 0.329 e. The summed E-state index contributed by atoms with van der Waals surface area (Å²) in [5.41, 5.74) is -1.13. The number of hydrogen-bond donors (Lipinski definition) is 1. The van der Waals surface area contributed by atoms with E-state index in [1.54, 1.807) is 20.9 Å². The first-order chi connectivity index (χ1) is 7.28. The van der Waals surface area contributed by atoms with Crippen molar-refractivity contribution in [1.29, 1.82) is 0 Å². The molecular formula is C12H21NO3. The van der Waals surface area contributed by atoms with Crippen molar-refractivity contribution in [3.63, 3.8) is 0 Å². The Morgan fingerprint density at radius 1 is 1.31 bits per heavy atom. The molecule has 1 rings (SSSR count). The van der Waals surface area contributed by atoms with Gasteiger partial charge in [0, 0.05) is 13.0 Å². The lowest BCUT2D eigenvalue weighted by molar-refractivity contribution is -0.157. The van der Waals surface area contributed by atoms with E-state index in [0.717, 1.165) is 19.3 Å². The topological polar surface area (TPSA) is 57.6 Å². The van der Waals surface area contributed by atoms with Gasteiger partial charge >= 0.3 is 5.97 Å². The average molecular weight is 227 g/mol. The molecule has 1 aliphatic rings. The number of nitrogens with zero attached hydrogens (tertiary/aromatic N) is 1. The molecule has 0 spiro atoms. The summed E-state index contributed by atoms with van der Waals surface area (Å²) in [5.74, 6) is -0.616. The van der Waals surface area contributed by atoms with Crippen LogP contribution in [0.15, 0.2) is 0 Å². The molecular weight excluding hydrogens is 206 g/mol. The molecule has 0 heterocycles. The Balaban J connectivity index is 2.78. The minimum Gasteiger partial charge on any atom is -0.480 e. The fourth-order valence-corrected chi connectivity index (χ4v) is 2.18. The zero-order valence-corrected chi connectivity index (χ0v) is 10.5. The van der Waals surface area contributed by atoms with Crippen molar-refractivity contribution in [2.75, 3.05) is 7.05 Å². The van der Waals surface area contributed by atoms with Crippen LogP contribution in [0.1, 0.15) is 40.0 Å². The monoisotopic (exact) mass is 227 g/mol. The lowest BCUT2D eigenvalue weighted by Crippen LogP contribution is -2.52. The number of carboxylic acid groups (broad SMARTS) is 1. The van der Waals surface area contributed by atoms with E-state index < -0.39 is 11.5 Å². The van der Waals surface area contributed by atoms with E-state index in [9.17, 15) is 9.59 Å². The molecule has 0 bridgehead atoms. The standard InChI is InChI=1S/C12H21NO3/c1-8-6-5-7-9(8)10(14)13(4)12(2,3)11(15)16/h8-9H,5-7H2,1-4H3,(H,15,16). The van der Waals surface area contributed by atoms with Gasteiger partial charge in [0.25, 0.3) is 0 Å². The number of likely N-dealkylation sites (N-methyl/N-ethyl adjacent to an activating group) is 1. The second-order valence-electron chi connectivity index (χ2n) is 5.28. The molecule has 0 saturated heterocycles. The highest BCUT2D eigenvalue weighted by Gasteiger charge is 2.40. The highest BCUT2D eigenvalue weighted by molar-refractivity contribution is 5.87. The highest BCUT2D eigenvalue weighted by Crippen LogP contribution is 2.33. The molecule has 0 aromatic rings. The first kappa shape index (κ1) is 13.0. The molecule has 16 heavy (non-hydrogen) atoms. The van der Waals surface area contributed by atoms with Gasteiger partial charge < -0.3 is 10.0 Å². The summed E-state index contributed by atoms with van der Waals surface area (Å²) in [7, 11) is 1.58. The average Bonchev–Trinajstić information content (AvgIpc) is 2.61. The normalized spacial score (nSPS) is 25.5. The van der Waals surface area contributed by atoms with Crippen molar-refractivity contribution in [2.45, 2.75) is 45.6 Å². The quantitative estimate of drug-likeness (QED) is 0.799. The van der Waals surface area contributed by atoms with Crippen LogP contribution in [0.25, 0.3) is 0 Å². The number of rotatable bonds is 3. The Kier molecular flexibility index (Phi) is 3.61. The molecule has 2 unspecified atom stereocenters. The van der Waals surface area contributed by atoms with Crippen molar-refractivity contribution in [3.05, 3.63) is 0 Å². The summed E-state index contributed by atoms with van der Waals surface area (Å²) >= 11 is 0. The van der Waals surface area contributed by atoms with E-state index in [2.05, 4.69) is 6.92 Å². The van der Waals surface area contributed by atoms with Crippen LogP contribution in [0.2, 0.25) is 0 Å². The van der Waals surface area contributed by atoms with Gasteiger partial charge in [-0.1, -0.05) is 13.3 Å². The largest absolute Gasteiger partial charge is 0.480 e. The minimum atomic E-state index is -1.13. The maximum absolute atomic E-state index is 12.2. The zero-order valence-electron chi connectivity index (χ0n) is 10.5. The number of carbonyl (C=O) groups excluding carboxylic acids is 1. The third-order valence-corrected chi connectivity index (χ3v) is 3.87. The molecule has 4 heteroatoms. The first-order valence-electron chi connectivity index (χ1n) is 5.79. The van der Waals surface area contributed by atoms with E-state index in [1.165, 1.54) is 4.90 Å². The Bertz CT molecular complexity index is 299. The van der Waals surface area contributed by atoms with E-state index in [4.69, 9.17) is 5.11 Å². The maximum atomic E-state index is 12.2. The van der Waals surface area contributed by atoms with Crippen molar-refractivity contribution in [1.82, 2.24) is 4.90 Å². The molecule has 0 radical (unpaired) electrons. The molecule has 92 valence electrons. The number of hydrogen-bond acceptors (Lipinski definition) is 2. The molecule has 2 atom stereocenters. The lowest BCUT2D eigenvalue weighted by Gasteiger charge is -2.34. The Morgan fingerprint density at radius 2 is 1.88 bits per heavy atom. The summed E-state index contributed by atoms with van der Waals surface area (Å²) in [5, 5.41) is 9.08. The van der Waals surface area contributed by atoms with Crippen LogP contribution in [0.3, 0.4) is 0 Å². The van der Waals surface area contributed by atoms with Gasteiger partial charge in [-0.05, 0) is 32.6 Å². The Hall–Kier alpha value is -1.06. The number of aliphatic carboxylic acids is 1. The third-order valence-electron chi connectivity index (χ3n) is 3.87. The highest BCUT2D eigenvalue weighted by atomic mass is 16.4. The second kappa shape index (κ2) is 4.44. The summed E-state index contributed by atoms with van der Waals surface area (Å²) in [6.07, 6.45) is 3.02.